The predicted molar refractivity (Wildman–Crippen MR) is 71.4 cm³/mol. The Bertz CT molecular complexity index is 524. The first-order chi connectivity index (χ1) is 8.13. The van der Waals surface area contributed by atoms with Crippen LogP contribution in [0.1, 0.15) is 35.0 Å². The molecule has 2 heteroatoms. The smallest absolute Gasteiger partial charge is 0.0665 e. The van der Waals surface area contributed by atoms with Gasteiger partial charge >= 0.3 is 0 Å². The minimum atomic E-state index is 0.874. The third kappa shape index (κ3) is 2.26. The van der Waals surface area contributed by atoms with Crippen molar-refractivity contribution in [3.63, 3.8) is 0 Å². The summed E-state index contributed by atoms with van der Waals surface area (Å²) in [7, 11) is 0. The van der Waals surface area contributed by atoms with E-state index >= 15 is 0 Å². The maximum atomic E-state index is 4.63. The minimum Gasteiger partial charge on any atom is -0.265 e. The zero-order valence-corrected chi connectivity index (χ0v) is 11.1. The summed E-state index contributed by atoms with van der Waals surface area (Å²) < 4.78 is 2.12. The van der Waals surface area contributed by atoms with Crippen LogP contribution in [-0.2, 0) is 13.0 Å². The Kier molecular flexibility index (Phi) is 3.32. The van der Waals surface area contributed by atoms with Gasteiger partial charge in [-0.25, -0.2) is 0 Å². The SMILES string of the molecule is CCc1c(C)nn(Cc2ccccc2C)c1C. The third-order valence-electron chi connectivity index (χ3n) is 3.47. The summed E-state index contributed by atoms with van der Waals surface area (Å²) in [4.78, 5) is 0. The first-order valence-corrected chi connectivity index (χ1v) is 6.21. The number of aromatic nitrogens is 2. The van der Waals surface area contributed by atoms with Gasteiger partial charge < -0.3 is 0 Å². The quantitative estimate of drug-likeness (QED) is 0.787. The Morgan fingerprint density at radius 1 is 1.12 bits per heavy atom. The lowest BCUT2D eigenvalue weighted by atomic mass is 10.1. The zero-order chi connectivity index (χ0) is 12.4. The highest BCUT2D eigenvalue weighted by Crippen LogP contribution is 2.16. The lowest BCUT2D eigenvalue weighted by Crippen LogP contribution is -2.05. The summed E-state index contributed by atoms with van der Waals surface area (Å²) in [6.07, 6.45) is 1.06. The number of hydrogen-bond donors (Lipinski definition) is 0. The molecule has 0 fully saturated rings. The first-order valence-electron chi connectivity index (χ1n) is 6.21. The fourth-order valence-electron chi connectivity index (χ4n) is 2.35. The van der Waals surface area contributed by atoms with Crippen LogP contribution in [0.3, 0.4) is 0 Å². The van der Waals surface area contributed by atoms with Gasteiger partial charge in [0.2, 0.25) is 0 Å². The summed E-state index contributed by atoms with van der Waals surface area (Å²) in [6.45, 7) is 9.48. The van der Waals surface area contributed by atoms with E-state index in [-0.39, 0.29) is 0 Å². The highest BCUT2D eigenvalue weighted by molar-refractivity contribution is 5.28. The van der Waals surface area contributed by atoms with E-state index in [1.165, 1.54) is 28.1 Å². The molecule has 1 heterocycles. The molecule has 0 aliphatic carbocycles. The van der Waals surface area contributed by atoms with Crippen molar-refractivity contribution in [3.05, 3.63) is 52.3 Å². The summed E-state index contributed by atoms with van der Waals surface area (Å²) in [6, 6.07) is 8.51. The lowest BCUT2D eigenvalue weighted by molar-refractivity contribution is 0.656. The monoisotopic (exact) mass is 228 g/mol. The van der Waals surface area contributed by atoms with Gasteiger partial charge in [-0.2, -0.15) is 5.10 Å². The van der Waals surface area contributed by atoms with Crippen LogP contribution in [0.5, 0.6) is 0 Å². The van der Waals surface area contributed by atoms with Crippen LogP contribution in [0.4, 0.5) is 0 Å². The predicted octanol–water partition coefficient (Wildman–Crippen LogP) is 3.42. The number of rotatable bonds is 3. The van der Waals surface area contributed by atoms with E-state index in [1.807, 2.05) is 0 Å². The zero-order valence-electron chi connectivity index (χ0n) is 11.1. The number of benzene rings is 1. The van der Waals surface area contributed by atoms with Gasteiger partial charge in [-0.3, -0.25) is 4.68 Å². The van der Waals surface area contributed by atoms with Gasteiger partial charge in [0.1, 0.15) is 0 Å². The van der Waals surface area contributed by atoms with Crippen LogP contribution in [0, 0.1) is 20.8 Å². The molecule has 17 heavy (non-hydrogen) atoms. The van der Waals surface area contributed by atoms with Crippen molar-refractivity contribution in [2.24, 2.45) is 0 Å². The Balaban J connectivity index is 2.34. The Hall–Kier alpha value is -1.57. The molecule has 0 radical (unpaired) electrons. The molecule has 0 unspecified atom stereocenters. The molecule has 0 saturated carbocycles. The van der Waals surface area contributed by atoms with Gasteiger partial charge in [0.05, 0.1) is 12.2 Å². The van der Waals surface area contributed by atoms with Crippen molar-refractivity contribution in [1.82, 2.24) is 9.78 Å². The van der Waals surface area contributed by atoms with Crippen molar-refractivity contribution in [1.29, 1.82) is 0 Å². The summed E-state index contributed by atoms with van der Waals surface area (Å²) in [5.41, 5.74) is 6.53. The second-order valence-electron chi connectivity index (χ2n) is 4.59. The van der Waals surface area contributed by atoms with Crippen molar-refractivity contribution < 1.29 is 0 Å². The molecular weight excluding hydrogens is 208 g/mol. The van der Waals surface area contributed by atoms with Crippen molar-refractivity contribution >= 4 is 0 Å². The Morgan fingerprint density at radius 3 is 2.41 bits per heavy atom. The van der Waals surface area contributed by atoms with Crippen LogP contribution in [0.25, 0.3) is 0 Å². The fourth-order valence-corrected chi connectivity index (χ4v) is 2.35. The van der Waals surface area contributed by atoms with Gasteiger partial charge in [-0.1, -0.05) is 31.2 Å². The molecule has 0 N–H and O–H groups in total. The van der Waals surface area contributed by atoms with Crippen LogP contribution in [0.15, 0.2) is 24.3 Å². The molecule has 0 saturated heterocycles. The van der Waals surface area contributed by atoms with Crippen LogP contribution in [0.2, 0.25) is 0 Å². The normalized spacial score (nSPS) is 10.8. The fraction of sp³-hybridized carbons (Fsp3) is 0.400. The molecule has 0 aliphatic heterocycles. The molecule has 1 aromatic heterocycles. The Labute approximate surface area is 103 Å². The molecule has 0 aliphatic rings. The third-order valence-corrected chi connectivity index (χ3v) is 3.47. The highest BCUT2D eigenvalue weighted by atomic mass is 15.3. The van der Waals surface area contributed by atoms with Gasteiger partial charge in [-0.15, -0.1) is 0 Å². The highest BCUT2D eigenvalue weighted by Gasteiger charge is 2.10. The van der Waals surface area contributed by atoms with E-state index in [1.54, 1.807) is 0 Å². The second-order valence-corrected chi connectivity index (χ2v) is 4.59. The number of aryl methyl sites for hydroxylation is 2. The van der Waals surface area contributed by atoms with Gasteiger partial charge in [0.25, 0.3) is 0 Å². The molecule has 2 rings (SSSR count). The molecule has 0 amide bonds. The van der Waals surface area contributed by atoms with Crippen molar-refractivity contribution in [2.45, 2.75) is 40.7 Å². The lowest BCUT2D eigenvalue weighted by Gasteiger charge is -2.08. The Morgan fingerprint density at radius 2 is 1.82 bits per heavy atom. The maximum absolute atomic E-state index is 4.63. The molecule has 2 aromatic rings. The van der Waals surface area contributed by atoms with E-state index in [4.69, 9.17) is 0 Å². The standard InChI is InChI=1S/C15H20N2/c1-5-15-12(3)16-17(13(15)4)10-14-9-7-6-8-11(14)2/h6-9H,5,10H2,1-4H3. The average Bonchev–Trinajstić information content (AvgIpc) is 2.57. The second kappa shape index (κ2) is 4.74. The van der Waals surface area contributed by atoms with E-state index in [0.29, 0.717) is 0 Å². The van der Waals surface area contributed by atoms with E-state index in [9.17, 15) is 0 Å². The minimum absolute atomic E-state index is 0.874. The van der Waals surface area contributed by atoms with E-state index < -0.39 is 0 Å². The van der Waals surface area contributed by atoms with Crippen LogP contribution < -0.4 is 0 Å². The number of nitrogens with zero attached hydrogens (tertiary/aromatic N) is 2. The molecular formula is C15H20N2. The molecule has 0 spiro atoms. The van der Waals surface area contributed by atoms with E-state index in [2.05, 4.69) is 61.7 Å². The summed E-state index contributed by atoms with van der Waals surface area (Å²) in [5, 5.41) is 4.63. The number of hydrogen-bond acceptors (Lipinski definition) is 1. The van der Waals surface area contributed by atoms with Crippen molar-refractivity contribution in [3.8, 4) is 0 Å². The average molecular weight is 228 g/mol. The van der Waals surface area contributed by atoms with Crippen LogP contribution >= 0.6 is 0 Å². The molecule has 0 bridgehead atoms. The molecule has 1 aromatic carbocycles. The topological polar surface area (TPSA) is 17.8 Å². The van der Waals surface area contributed by atoms with Crippen molar-refractivity contribution in [2.75, 3.05) is 0 Å². The maximum Gasteiger partial charge on any atom is 0.0665 e. The largest absolute Gasteiger partial charge is 0.265 e. The molecule has 90 valence electrons. The summed E-state index contributed by atoms with van der Waals surface area (Å²) in [5.74, 6) is 0. The van der Waals surface area contributed by atoms with Gasteiger partial charge in [-0.05, 0) is 43.9 Å². The van der Waals surface area contributed by atoms with Crippen LogP contribution in [-0.4, -0.2) is 9.78 Å². The first kappa shape index (κ1) is 11.9. The van der Waals surface area contributed by atoms with Gasteiger partial charge in [0, 0.05) is 5.69 Å². The molecule has 2 nitrogen and oxygen atoms in total. The summed E-state index contributed by atoms with van der Waals surface area (Å²) >= 11 is 0. The van der Waals surface area contributed by atoms with E-state index in [0.717, 1.165) is 13.0 Å². The molecule has 0 atom stereocenters. The van der Waals surface area contributed by atoms with Gasteiger partial charge in [0.15, 0.2) is 0 Å².